The summed E-state index contributed by atoms with van der Waals surface area (Å²) in [7, 11) is 3.05. The van der Waals surface area contributed by atoms with Gasteiger partial charge in [-0.05, 0) is 43.5 Å². The van der Waals surface area contributed by atoms with Crippen molar-refractivity contribution in [2.24, 2.45) is 22.6 Å². The third-order valence-electron chi connectivity index (χ3n) is 5.42. The molecule has 0 aromatic heterocycles. The SMILES string of the molecule is COc1ccc(C(=N)C(C(N)=O)C2=NCCC(C3CCC=CC3=N)N2)cc1OC. The molecule has 3 rings (SSSR count). The molecule has 3 atom stereocenters. The minimum Gasteiger partial charge on any atom is -0.493 e. The topological polar surface area (TPSA) is 134 Å². The molecule has 0 fully saturated rings. The van der Waals surface area contributed by atoms with Gasteiger partial charge in [0, 0.05) is 29.8 Å². The fourth-order valence-electron chi connectivity index (χ4n) is 3.88. The molecule has 1 aromatic carbocycles. The van der Waals surface area contributed by atoms with Crippen LogP contribution in [0.25, 0.3) is 0 Å². The highest BCUT2D eigenvalue weighted by Gasteiger charge is 2.35. The van der Waals surface area contributed by atoms with Crippen LogP contribution in [0.2, 0.25) is 0 Å². The number of hydrogen-bond donors (Lipinski definition) is 4. The standard InChI is InChI=1S/C21H27N5O3/c1-28-16-8-7-12(11-17(16)29-2)19(23)18(20(24)27)21-25-10-9-15(26-21)13-5-3-4-6-14(13)22/h4,6-8,11,13,15,18,22-23H,3,5,9-10H2,1-2H3,(H2,24,27)(H,25,26). The van der Waals surface area contributed by atoms with Crippen LogP contribution in [0, 0.1) is 22.7 Å². The van der Waals surface area contributed by atoms with E-state index in [9.17, 15) is 4.79 Å². The highest BCUT2D eigenvalue weighted by atomic mass is 16.5. The highest BCUT2D eigenvalue weighted by Crippen LogP contribution is 2.29. The molecule has 1 aliphatic heterocycles. The van der Waals surface area contributed by atoms with Crippen molar-refractivity contribution in [2.45, 2.75) is 25.3 Å². The number of amides is 1. The lowest BCUT2D eigenvalue weighted by molar-refractivity contribution is -0.118. The number of allylic oxidation sites excluding steroid dienone is 2. The second kappa shape index (κ2) is 8.89. The summed E-state index contributed by atoms with van der Waals surface area (Å²) < 4.78 is 10.5. The van der Waals surface area contributed by atoms with E-state index >= 15 is 0 Å². The van der Waals surface area contributed by atoms with Gasteiger partial charge in [-0.2, -0.15) is 0 Å². The van der Waals surface area contributed by atoms with Crippen LogP contribution in [0.15, 0.2) is 35.3 Å². The van der Waals surface area contributed by atoms with Gasteiger partial charge in [-0.15, -0.1) is 0 Å². The molecule has 0 bridgehead atoms. The second-order valence-electron chi connectivity index (χ2n) is 7.17. The second-order valence-corrected chi connectivity index (χ2v) is 7.17. The normalized spacial score (nSPS) is 22.3. The third-order valence-corrected chi connectivity index (χ3v) is 5.42. The molecule has 3 unspecified atom stereocenters. The lowest BCUT2D eigenvalue weighted by Crippen LogP contribution is -2.52. The largest absolute Gasteiger partial charge is 0.493 e. The first-order valence-corrected chi connectivity index (χ1v) is 9.62. The van der Waals surface area contributed by atoms with Crippen molar-refractivity contribution >= 4 is 23.2 Å². The Morgan fingerprint density at radius 2 is 2.03 bits per heavy atom. The molecule has 0 saturated heterocycles. The molecule has 0 saturated carbocycles. The van der Waals surface area contributed by atoms with Crippen LogP contribution in [0.5, 0.6) is 11.5 Å². The van der Waals surface area contributed by atoms with Crippen molar-refractivity contribution in [3.05, 3.63) is 35.9 Å². The van der Waals surface area contributed by atoms with E-state index in [-0.39, 0.29) is 17.7 Å². The van der Waals surface area contributed by atoms with Crippen molar-refractivity contribution in [3.63, 3.8) is 0 Å². The zero-order valence-electron chi connectivity index (χ0n) is 16.7. The molecule has 1 heterocycles. The number of nitrogens with one attached hydrogen (secondary N) is 3. The number of primary amides is 1. The molecular weight excluding hydrogens is 370 g/mol. The summed E-state index contributed by atoms with van der Waals surface area (Å²) in [5.74, 6) is -0.168. The van der Waals surface area contributed by atoms with E-state index in [0.29, 0.717) is 35.2 Å². The van der Waals surface area contributed by atoms with Crippen LogP contribution in [0.1, 0.15) is 24.8 Å². The molecular formula is C21H27N5O3. The lowest BCUT2D eigenvalue weighted by atomic mass is 9.83. The Hall–Kier alpha value is -3.16. The molecule has 1 amide bonds. The van der Waals surface area contributed by atoms with Gasteiger partial charge in [0.25, 0.3) is 0 Å². The van der Waals surface area contributed by atoms with E-state index in [0.717, 1.165) is 19.3 Å². The van der Waals surface area contributed by atoms with Gasteiger partial charge in [0.2, 0.25) is 5.91 Å². The Morgan fingerprint density at radius 1 is 1.28 bits per heavy atom. The number of methoxy groups -OCH3 is 2. The molecule has 154 valence electrons. The van der Waals surface area contributed by atoms with Crippen molar-refractivity contribution < 1.29 is 14.3 Å². The summed E-state index contributed by atoms with van der Waals surface area (Å²) >= 11 is 0. The van der Waals surface area contributed by atoms with Crippen molar-refractivity contribution in [3.8, 4) is 11.5 Å². The smallest absolute Gasteiger partial charge is 0.234 e. The zero-order valence-corrected chi connectivity index (χ0v) is 16.7. The average Bonchev–Trinajstić information content (AvgIpc) is 2.73. The first kappa shape index (κ1) is 20.6. The van der Waals surface area contributed by atoms with Crippen LogP contribution in [0.4, 0.5) is 0 Å². The monoisotopic (exact) mass is 397 g/mol. The predicted molar refractivity (Wildman–Crippen MR) is 112 cm³/mol. The molecule has 29 heavy (non-hydrogen) atoms. The maximum absolute atomic E-state index is 12.3. The van der Waals surface area contributed by atoms with Gasteiger partial charge in [-0.3, -0.25) is 9.79 Å². The van der Waals surface area contributed by atoms with E-state index in [2.05, 4.69) is 10.3 Å². The Labute approximate surface area is 170 Å². The van der Waals surface area contributed by atoms with Crippen molar-refractivity contribution in [2.75, 3.05) is 20.8 Å². The van der Waals surface area contributed by atoms with Crippen molar-refractivity contribution in [1.82, 2.24) is 5.32 Å². The average molecular weight is 397 g/mol. The van der Waals surface area contributed by atoms with Gasteiger partial charge in [-0.25, -0.2) is 0 Å². The molecule has 2 aliphatic rings. The van der Waals surface area contributed by atoms with E-state index in [1.54, 1.807) is 18.2 Å². The number of rotatable bonds is 7. The molecule has 0 spiro atoms. The number of amidine groups is 1. The summed E-state index contributed by atoms with van der Waals surface area (Å²) in [4.78, 5) is 16.8. The maximum Gasteiger partial charge on any atom is 0.234 e. The Balaban J connectivity index is 1.85. The number of nitrogens with zero attached hydrogens (tertiary/aromatic N) is 1. The van der Waals surface area contributed by atoms with Gasteiger partial charge in [0.15, 0.2) is 11.5 Å². The molecule has 8 nitrogen and oxygen atoms in total. The van der Waals surface area contributed by atoms with Gasteiger partial charge in [-0.1, -0.05) is 6.08 Å². The molecule has 1 aromatic rings. The number of carbonyl (C=O) groups is 1. The lowest BCUT2D eigenvalue weighted by Gasteiger charge is -2.34. The number of benzene rings is 1. The first-order chi connectivity index (χ1) is 14.0. The number of carbonyl (C=O) groups excluding carboxylic acids is 1. The van der Waals surface area contributed by atoms with Crippen molar-refractivity contribution in [1.29, 1.82) is 10.8 Å². The molecule has 0 radical (unpaired) electrons. The number of aliphatic imine (C=N–C) groups is 1. The summed E-state index contributed by atoms with van der Waals surface area (Å²) in [6.45, 7) is 0.531. The van der Waals surface area contributed by atoms with Crippen LogP contribution in [-0.2, 0) is 4.79 Å². The van der Waals surface area contributed by atoms with Gasteiger partial charge < -0.3 is 31.3 Å². The number of nitrogens with two attached hydrogens (primary N) is 1. The van der Waals surface area contributed by atoms with Gasteiger partial charge in [0.1, 0.15) is 11.8 Å². The quantitative estimate of drug-likeness (QED) is 0.523. The maximum atomic E-state index is 12.3. The van der Waals surface area contributed by atoms with Gasteiger partial charge >= 0.3 is 0 Å². The molecule has 8 heteroatoms. The van der Waals surface area contributed by atoms with Crippen LogP contribution in [0.3, 0.4) is 0 Å². The van der Waals surface area contributed by atoms with Crippen LogP contribution in [-0.4, -0.2) is 50.0 Å². The third kappa shape index (κ3) is 4.31. The minimum atomic E-state index is -0.996. The molecule has 1 aliphatic carbocycles. The fraction of sp³-hybridized carbons (Fsp3) is 0.429. The van der Waals surface area contributed by atoms with Gasteiger partial charge in [0.05, 0.1) is 19.9 Å². The summed E-state index contributed by atoms with van der Waals surface area (Å²) in [6, 6.07) is 5.04. The first-order valence-electron chi connectivity index (χ1n) is 9.62. The molecule has 5 N–H and O–H groups in total. The van der Waals surface area contributed by atoms with Crippen LogP contribution < -0.4 is 20.5 Å². The zero-order chi connectivity index (χ0) is 21.0. The minimum absolute atomic E-state index is 0.00000324. The number of hydrogen-bond acceptors (Lipinski definition) is 7. The Bertz CT molecular complexity index is 877. The summed E-state index contributed by atoms with van der Waals surface area (Å²) in [6.07, 6.45) is 6.45. The summed E-state index contributed by atoms with van der Waals surface area (Å²) in [5.41, 5.74) is 6.81. The number of ether oxygens (including phenoxy) is 2. The summed E-state index contributed by atoms with van der Waals surface area (Å²) in [5, 5.41) is 20.2. The Morgan fingerprint density at radius 3 is 2.69 bits per heavy atom. The fourth-order valence-corrected chi connectivity index (χ4v) is 3.88. The predicted octanol–water partition coefficient (Wildman–Crippen LogP) is 1.92. The Kier molecular flexibility index (Phi) is 6.31. The van der Waals surface area contributed by atoms with Crippen LogP contribution >= 0.6 is 0 Å². The van der Waals surface area contributed by atoms with E-state index in [4.69, 9.17) is 26.0 Å². The highest BCUT2D eigenvalue weighted by molar-refractivity contribution is 6.25. The van der Waals surface area contributed by atoms with E-state index in [1.807, 2.05) is 12.2 Å². The van der Waals surface area contributed by atoms with E-state index in [1.165, 1.54) is 14.2 Å². The van der Waals surface area contributed by atoms with E-state index < -0.39 is 11.8 Å².